The second-order valence-electron chi connectivity index (χ2n) is 9.12. The normalized spacial score (nSPS) is 15.6. The minimum absolute atomic E-state index is 0.113. The van der Waals surface area contributed by atoms with Gasteiger partial charge in [0.25, 0.3) is 0 Å². The zero-order valence-electron chi connectivity index (χ0n) is 17.4. The summed E-state index contributed by atoms with van der Waals surface area (Å²) < 4.78 is 5.66. The summed E-state index contributed by atoms with van der Waals surface area (Å²) >= 11 is 1.85. The summed E-state index contributed by atoms with van der Waals surface area (Å²) in [6, 6.07) is 8.72. The molecule has 3 rings (SSSR count). The van der Waals surface area contributed by atoms with Gasteiger partial charge >= 0.3 is 5.97 Å². The molecule has 1 heterocycles. The molecule has 0 atom stereocenters. The summed E-state index contributed by atoms with van der Waals surface area (Å²) in [5, 5.41) is 0. The van der Waals surface area contributed by atoms with Gasteiger partial charge in [0, 0.05) is 9.75 Å². The predicted molar refractivity (Wildman–Crippen MR) is 114 cm³/mol. The Kier molecular flexibility index (Phi) is 6.10. The van der Waals surface area contributed by atoms with Gasteiger partial charge in [-0.05, 0) is 61.5 Å². The van der Waals surface area contributed by atoms with Crippen LogP contribution >= 0.6 is 11.3 Å². The van der Waals surface area contributed by atoms with Crippen LogP contribution in [0.4, 0.5) is 0 Å². The summed E-state index contributed by atoms with van der Waals surface area (Å²) in [4.78, 5) is 15.6. The third-order valence-corrected chi connectivity index (χ3v) is 6.71. The van der Waals surface area contributed by atoms with E-state index in [0.717, 1.165) is 31.2 Å². The SMILES string of the molecule is Cc1ccc(CCc2sc3c(c2C(=O)OCC(C)C)CC(C)(C)CC3)cc1. The van der Waals surface area contributed by atoms with Crippen LogP contribution in [0.3, 0.4) is 0 Å². The van der Waals surface area contributed by atoms with Crippen molar-refractivity contribution in [2.24, 2.45) is 11.3 Å². The van der Waals surface area contributed by atoms with Crippen LogP contribution in [-0.2, 0) is 30.4 Å². The molecule has 0 N–H and O–H groups in total. The van der Waals surface area contributed by atoms with E-state index in [4.69, 9.17) is 4.74 Å². The Hall–Kier alpha value is -1.61. The molecule has 0 amide bonds. The van der Waals surface area contributed by atoms with Crippen molar-refractivity contribution in [2.75, 3.05) is 6.61 Å². The number of rotatable bonds is 6. The first kappa shape index (κ1) is 20.1. The van der Waals surface area contributed by atoms with Crippen molar-refractivity contribution in [1.82, 2.24) is 0 Å². The molecule has 1 aliphatic rings. The number of hydrogen-bond donors (Lipinski definition) is 0. The maximum atomic E-state index is 13.0. The molecule has 0 spiro atoms. The zero-order valence-corrected chi connectivity index (χ0v) is 18.2. The average molecular weight is 385 g/mol. The van der Waals surface area contributed by atoms with Crippen LogP contribution in [0.2, 0.25) is 0 Å². The number of ether oxygens (including phenoxy) is 1. The second kappa shape index (κ2) is 8.18. The molecule has 2 aromatic rings. The Morgan fingerprint density at radius 1 is 1.19 bits per heavy atom. The molecule has 0 radical (unpaired) electrons. The van der Waals surface area contributed by atoms with E-state index in [2.05, 4.69) is 58.9 Å². The zero-order chi connectivity index (χ0) is 19.6. The van der Waals surface area contributed by atoms with E-state index in [1.807, 2.05) is 11.3 Å². The fraction of sp³-hybridized carbons (Fsp3) is 0.542. The molecule has 3 heteroatoms. The lowest BCUT2D eigenvalue weighted by Gasteiger charge is -2.29. The third-order valence-electron chi connectivity index (χ3n) is 5.36. The number of carbonyl (C=O) groups excluding carboxylic acids is 1. The molecule has 146 valence electrons. The van der Waals surface area contributed by atoms with Crippen molar-refractivity contribution >= 4 is 17.3 Å². The smallest absolute Gasteiger partial charge is 0.339 e. The quantitative estimate of drug-likeness (QED) is 0.557. The van der Waals surface area contributed by atoms with Crippen LogP contribution in [0.25, 0.3) is 0 Å². The summed E-state index contributed by atoms with van der Waals surface area (Å²) in [6.45, 7) is 11.4. The summed E-state index contributed by atoms with van der Waals surface area (Å²) in [6.07, 6.45) is 5.14. The van der Waals surface area contributed by atoms with Gasteiger partial charge in [-0.1, -0.05) is 57.5 Å². The fourth-order valence-corrected chi connectivity index (χ4v) is 5.03. The first-order chi connectivity index (χ1) is 12.7. The van der Waals surface area contributed by atoms with Crippen LogP contribution in [0.15, 0.2) is 24.3 Å². The van der Waals surface area contributed by atoms with Crippen molar-refractivity contribution in [1.29, 1.82) is 0 Å². The van der Waals surface area contributed by atoms with Gasteiger partial charge in [-0.2, -0.15) is 0 Å². The van der Waals surface area contributed by atoms with Crippen molar-refractivity contribution in [3.05, 3.63) is 56.3 Å². The van der Waals surface area contributed by atoms with Crippen LogP contribution in [0, 0.1) is 18.3 Å². The van der Waals surface area contributed by atoms with E-state index in [0.29, 0.717) is 12.5 Å². The van der Waals surface area contributed by atoms with Crippen molar-refractivity contribution in [2.45, 2.75) is 66.7 Å². The lowest BCUT2D eigenvalue weighted by Crippen LogP contribution is -2.23. The highest BCUT2D eigenvalue weighted by Gasteiger charge is 2.33. The number of carbonyl (C=O) groups is 1. The highest BCUT2D eigenvalue weighted by atomic mass is 32.1. The topological polar surface area (TPSA) is 26.3 Å². The van der Waals surface area contributed by atoms with Crippen LogP contribution < -0.4 is 0 Å². The summed E-state index contributed by atoms with van der Waals surface area (Å²) in [7, 11) is 0. The number of benzene rings is 1. The molecular formula is C24H32O2S. The van der Waals surface area contributed by atoms with Gasteiger partial charge in [0.2, 0.25) is 0 Å². The Labute approximate surface area is 168 Å². The van der Waals surface area contributed by atoms with Crippen molar-refractivity contribution in [3.63, 3.8) is 0 Å². The van der Waals surface area contributed by atoms with E-state index < -0.39 is 0 Å². The third kappa shape index (κ3) is 5.01. The second-order valence-corrected chi connectivity index (χ2v) is 10.3. The molecule has 0 unspecified atom stereocenters. The van der Waals surface area contributed by atoms with Crippen LogP contribution in [0.5, 0.6) is 0 Å². The van der Waals surface area contributed by atoms with E-state index >= 15 is 0 Å². The lowest BCUT2D eigenvalue weighted by molar-refractivity contribution is 0.0456. The largest absolute Gasteiger partial charge is 0.462 e. The van der Waals surface area contributed by atoms with Gasteiger partial charge in [0.05, 0.1) is 12.2 Å². The molecule has 1 aliphatic carbocycles. The number of aryl methyl sites for hydroxylation is 4. The first-order valence-electron chi connectivity index (χ1n) is 10.1. The maximum Gasteiger partial charge on any atom is 0.339 e. The van der Waals surface area contributed by atoms with Gasteiger partial charge in [-0.25, -0.2) is 4.79 Å². The standard InChI is InChI=1S/C24H32O2S/c1-16(2)15-26-23(25)22-19-14-24(4,5)13-12-20(19)27-21(22)11-10-18-8-6-17(3)7-9-18/h6-9,16H,10-15H2,1-5H3. The molecule has 2 nitrogen and oxygen atoms in total. The van der Waals surface area contributed by atoms with Gasteiger partial charge in [0.15, 0.2) is 0 Å². The lowest BCUT2D eigenvalue weighted by atomic mass is 9.76. The Balaban J connectivity index is 1.86. The van der Waals surface area contributed by atoms with E-state index in [-0.39, 0.29) is 11.4 Å². The van der Waals surface area contributed by atoms with Gasteiger partial charge in [-0.3, -0.25) is 0 Å². The minimum Gasteiger partial charge on any atom is -0.462 e. The van der Waals surface area contributed by atoms with E-state index in [1.54, 1.807) is 0 Å². The highest BCUT2D eigenvalue weighted by Crippen LogP contribution is 2.42. The minimum atomic E-state index is -0.113. The number of fused-ring (bicyclic) bond motifs is 1. The summed E-state index contributed by atoms with van der Waals surface area (Å²) in [5.41, 5.74) is 5.02. The predicted octanol–water partition coefficient (Wildman–Crippen LogP) is 6.17. The van der Waals surface area contributed by atoms with Gasteiger partial charge < -0.3 is 4.74 Å². The van der Waals surface area contributed by atoms with Gasteiger partial charge in [0.1, 0.15) is 0 Å². The molecule has 0 bridgehead atoms. The molecule has 0 saturated heterocycles. The number of thiophene rings is 1. The number of hydrogen-bond acceptors (Lipinski definition) is 3. The first-order valence-corrected chi connectivity index (χ1v) is 10.9. The molecular weight excluding hydrogens is 352 g/mol. The van der Waals surface area contributed by atoms with E-state index in [9.17, 15) is 4.79 Å². The molecule has 1 aromatic heterocycles. The molecule has 27 heavy (non-hydrogen) atoms. The maximum absolute atomic E-state index is 13.0. The molecule has 0 fully saturated rings. The molecule has 0 aliphatic heterocycles. The van der Waals surface area contributed by atoms with Crippen LogP contribution in [-0.4, -0.2) is 12.6 Å². The Morgan fingerprint density at radius 2 is 1.89 bits per heavy atom. The van der Waals surface area contributed by atoms with Gasteiger partial charge in [-0.15, -0.1) is 11.3 Å². The molecule has 0 saturated carbocycles. The van der Waals surface area contributed by atoms with Crippen molar-refractivity contribution in [3.8, 4) is 0 Å². The molecule has 1 aromatic carbocycles. The summed E-state index contributed by atoms with van der Waals surface area (Å²) in [5.74, 6) is 0.244. The average Bonchev–Trinajstić information content (AvgIpc) is 2.95. The van der Waals surface area contributed by atoms with Crippen molar-refractivity contribution < 1.29 is 9.53 Å². The van der Waals surface area contributed by atoms with E-state index in [1.165, 1.54) is 32.9 Å². The fourth-order valence-electron chi connectivity index (χ4n) is 3.72. The Morgan fingerprint density at radius 3 is 2.56 bits per heavy atom. The highest BCUT2D eigenvalue weighted by molar-refractivity contribution is 7.12. The van der Waals surface area contributed by atoms with Crippen LogP contribution in [0.1, 0.15) is 70.9 Å². The number of esters is 1. The monoisotopic (exact) mass is 384 g/mol. The Bertz CT molecular complexity index is 797.